The maximum atomic E-state index is 13.4. The first-order valence-corrected chi connectivity index (χ1v) is 11.3. The molecule has 1 atom stereocenters. The van der Waals surface area contributed by atoms with Gasteiger partial charge in [0.15, 0.2) is 0 Å². The minimum Gasteiger partial charge on any atom is -0.494 e. The van der Waals surface area contributed by atoms with Crippen LogP contribution in [-0.2, 0) is 13.6 Å². The summed E-state index contributed by atoms with van der Waals surface area (Å²) < 4.78 is 49.3. The number of benzene rings is 1. The predicted molar refractivity (Wildman–Crippen MR) is 125 cm³/mol. The van der Waals surface area contributed by atoms with E-state index >= 15 is 0 Å². The summed E-state index contributed by atoms with van der Waals surface area (Å²) in [7, 11) is 3.24. The molecule has 1 saturated heterocycles. The number of halogens is 3. The van der Waals surface area contributed by atoms with Gasteiger partial charge in [-0.15, -0.1) is 0 Å². The Kier molecular flexibility index (Phi) is 5.81. The zero-order chi connectivity index (χ0) is 25.6. The summed E-state index contributed by atoms with van der Waals surface area (Å²) in [6.07, 6.45) is -0.553. The summed E-state index contributed by atoms with van der Waals surface area (Å²) in [5.41, 5.74) is 2.29. The Labute approximate surface area is 203 Å². The van der Waals surface area contributed by atoms with E-state index in [9.17, 15) is 23.1 Å². The standard InChI is InChI=1S/C24H23F3N6O3/c1-31-9-7-16(30-31)13-33-21-17(10-15(23(34)35)11-18(21)36-2)29-22(33)14-5-6-20(28-12-14)32-8-3-4-19(32)24(25,26)27/h5-7,9-12,19H,3-4,8,13H2,1-2H3,(H,34,35). The molecule has 0 saturated carbocycles. The lowest BCUT2D eigenvalue weighted by molar-refractivity contribution is -0.146. The Morgan fingerprint density at radius 3 is 2.67 bits per heavy atom. The number of fused-ring (bicyclic) bond motifs is 1. The molecule has 0 amide bonds. The second kappa shape index (κ2) is 8.85. The number of alkyl halides is 3. The van der Waals surface area contributed by atoms with E-state index in [1.807, 2.05) is 10.6 Å². The summed E-state index contributed by atoms with van der Waals surface area (Å²) >= 11 is 0. The third-order valence-corrected chi connectivity index (χ3v) is 6.29. The highest BCUT2D eigenvalue weighted by molar-refractivity contribution is 5.96. The number of anilines is 1. The molecule has 1 fully saturated rings. The molecule has 3 aromatic heterocycles. The minimum atomic E-state index is -4.33. The number of aromatic carboxylic acids is 1. The molecule has 0 bridgehead atoms. The van der Waals surface area contributed by atoms with Crippen molar-refractivity contribution in [1.82, 2.24) is 24.3 Å². The third-order valence-electron chi connectivity index (χ3n) is 6.29. The summed E-state index contributed by atoms with van der Waals surface area (Å²) in [4.78, 5) is 21.9. The molecule has 36 heavy (non-hydrogen) atoms. The van der Waals surface area contributed by atoms with Crippen LogP contribution in [0.15, 0.2) is 42.7 Å². The number of hydrogen-bond acceptors (Lipinski definition) is 6. The van der Waals surface area contributed by atoms with E-state index in [4.69, 9.17) is 4.74 Å². The van der Waals surface area contributed by atoms with Crippen LogP contribution in [0.4, 0.5) is 19.0 Å². The molecular weight excluding hydrogens is 477 g/mol. The minimum absolute atomic E-state index is 0.0223. The van der Waals surface area contributed by atoms with Crippen molar-refractivity contribution in [3.63, 3.8) is 0 Å². The van der Waals surface area contributed by atoms with Crippen molar-refractivity contribution in [2.45, 2.75) is 31.6 Å². The molecule has 0 spiro atoms. The lowest BCUT2D eigenvalue weighted by Crippen LogP contribution is -2.41. The quantitative estimate of drug-likeness (QED) is 0.425. The smallest absolute Gasteiger partial charge is 0.408 e. The molecule has 4 aromatic rings. The van der Waals surface area contributed by atoms with E-state index in [1.54, 1.807) is 30.1 Å². The van der Waals surface area contributed by atoms with Gasteiger partial charge in [0.2, 0.25) is 0 Å². The summed E-state index contributed by atoms with van der Waals surface area (Å²) in [5.74, 6) is -0.0813. The maximum absolute atomic E-state index is 13.4. The molecule has 1 N–H and O–H groups in total. The molecule has 1 aromatic carbocycles. The zero-order valence-electron chi connectivity index (χ0n) is 19.5. The molecule has 4 heterocycles. The number of imidazole rings is 1. The van der Waals surface area contributed by atoms with Crippen molar-refractivity contribution in [2.75, 3.05) is 18.6 Å². The lowest BCUT2D eigenvalue weighted by Gasteiger charge is -2.27. The molecular formula is C24H23F3N6O3. The number of carboxylic acid groups (broad SMARTS) is 1. The van der Waals surface area contributed by atoms with Crippen LogP contribution in [0.2, 0.25) is 0 Å². The number of pyridine rings is 1. The van der Waals surface area contributed by atoms with Gasteiger partial charge in [0.25, 0.3) is 0 Å². The number of carbonyl (C=O) groups is 1. The molecule has 1 aliphatic heterocycles. The Hall–Kier alpha value is -4.09. The van der Waals surface area contributed by atoms with E-state index in [-0.39, 0.29) is 24.3 Å². The van der Waals surface area contributed by atoms with Gasteiger partial charge in [-0.1, -0.05) is 0 Å². The van der Waals surface area contributed by atoms with Crippen LogP contribution in [0.25, 0.3) is 22.4 Å². The second-order valence-corrected chi connectivity index (χ2v) is 8.65. The monoisotopic (exact) mass is 500 g/mol. The van der Waals surface area contributed by atoms with Crippen molar-refractivity contribution in [3.8, 4) is 17.1 Å². The molecule has 5 rings (SSSR count). The van der Waals surface area contributed by atoms with Crippen molar-refractivity contribution in [3.05, 3.63) is 54.0 Å². The van der Waals surface area contributed by atoms with E-state index in [1.165, 1.54) is 30.3 Å². The van der Waals surface area contributed by atoms with Gasteiger partial charge in [-0.3, -0.25) is 4.68 Å². The van der Waals surface area contributed by atoms with Crippen molar-refractivity contribution >= 4 is 22.8 Å². The Morgan fingerprint density at radius 1 is 1.25 bits per heavy atom. The molecule has 1 unspecified atom stereocenters. The van der Waals surface area contributed by atoms with Gasteiger partial charge in [-0.05, 0) is 43.2 Å². The lowest BCUT2D eigenvalue weighted by atomic mass is 10.2. The van der Waals surface area contributed by atoms with Crippen molar-refractivity contribution < 1.29 is 27.8 Å². The van der Waals surface area contributed by atoms with Crippen LogP contribution >= 0.6 is 0 Å². The summed E-state index contributed by atoms with van der Waals surface area (Å²) in [6.45, 7) is 0.587. The predicted octanol–water partition coefficient (Wildman–Crippen LogP) is 4.12. The number of aryl methyl sites for hydroxylation is 1. The SMILES string of the molecule is COc1cc(C(=O)O)cc2nc(-c3ccc(N4CCCC4C(F)(F)F)nc3)n(Cc3ccn(C)n3)c12. The number of hydrogen-bond donors (Lipinski definition) is 1. The van der Waals surface area contributed by atoms with E-state index in [0.717, 1.165) is 5.69 Å². The van der Waals surface area contributed by atoms with Crippen molar-refractivity contribution in [1.29, 1.82) is 0 Å². The first kappa shape index (κ1) is 23.6. The molecule has 12 heteroatoms. The van der Waals surface area contributed by atoms with Gasteiger partial charge in [-0.2, -0.15) is 18.3 Å². The van der Waals surface area contributed by atoms with Gasteiger partial charge >= 0.3 is 12.1 Å². The van der Waals surface area contributed by atoms with Gasteiger partial charge in [0, 0.05) is 31.5 Å². The van der Waals surface area contributed by atoms with Crippen LogP contribution in [0.5, 0.6) is 5.75 Å². The first-order valence-electron chi connectivity index (χ1n) is 11.3. The highest BCUT2D eigenvalue weighted by Crippen LogP contribution is 2.37. The van der Waals surface area contributed by atoms with Crippen LogP contribution in [0.1, 0.15) is 28.9 Å². The Bertz CT molecular complexity index is 1430. The average molecular weight is 500 g/mol. The normalized spacial score (nSPS) is 16.1. The van der Waals surface area contributed by atoms with Gasteiger partial charge < -0.3 is 19.3 Å². The maximum Gasteiger partial charge on any atom is 0.408 e. The first-order chi connectivity index (χ1) is 17.2. The fourth-order valence-corrected chi connectivity index (χ4v) is 4.66. The van der Waals surface area contributed by atoms with Gasteiger partial charge in [0.05, 0.1) is 30.4 Å². The van der Waals surface area contributed by atoms with Gasteiger partial charge in [-0.25, -0.2) is 14.8 Å². The molecule has 1 aliphatic rings. The van der Waals surface area contributed by atoms with E-state index in [0.29, 0.717) is 41.1 Å². The number of methoxy groups -OCH3 is 1. The number of carboxylic acids is 1. The van der Waals surface area contributed by atoms with Crippen molar-refractivity contribution in [2.24, 2.45) is 7.05 Å². The number of rotatable bonds is 6. The number of nitrogens with zero attached hydrogens (tertiary/aromatic N) is 6. The third kappa shape index (κ3) is 4.23. The summed E-state index contributed by atoms with van der Waals surface area (Å²) in [5, 5.41) is 13.9. The van der Waals surface area contributed by atoms with E-state index < -0.39 is 18.2 Å². The highest BCUT2D eigenvalue weighted by atomic mass is 19.4. The zero-order valence-corrected chi connectivity index (χ0v) is 19.5. The fourth-order valence-electron chi connectivity index (χ4n) is 4.66. The number of aromatic nitrogens is 5. The summed E-state index contributed by atoms with van der Waals surface area (Å²) in [6, 6.07) is 6.41. The molecule has 9 nitrogen and oxygen atoms in total. The van der Waals surface area contributed by atoms with Gasteiger partial charge in [0.1, 0.15) is 29.0 Å². The molecule has 0 radical (unpaired) electrons. The number of ether oxygens (including phenoxy) is 1. The fraction of sp³-hybridized carbons (Fsp3) is 0.333. The topological polar surface area (TPSA) is 98.3 Å². The Morgan fingerprint density at radius 2 is 2.06 bits per heavy atom. The van der Waals surface area contributed by atoms with E-state index in [2.05, 4.69) is 15.1 Å². The molecule has 188 valence electrons. The van der Waals surface area contributed by atoms with Crippen LogP contribution < -0.4 is 9.64 Å². The second-order valence-electron chi connectivity index (χ2n) is 8.65. The molecule has 0 aliphatic carbocycles. The van der Waals surface area contributed by atoms with Crippen LogP contribution in [0.3, 0.4) is 0 Å². The van der Waals surface area contributed by atoms with Crippen LogP contribution in [-0.4, -0.2) is 61.3 Å². The highest BCUT2D eigenvalue weighted by Gasteiger charge is 2.46. The Balaban J connectivity index is 1.61. The average Bonchev–Trinajstić information content (AvgIpc) is 3.57. The van der Waals surface area contributed by atoms with Crippen LogP contribution in [0, 0.1) is 0 Å². The largest absolute Gasteiger partial charge is 0.494 e.